The third kappa shape index (κ3) is 11.4. The fourth-order valence-corrected chi connectivity index (χ4v) is 2.11. The van der Waals surface area contributed by atoms with Gasteiger partial charge in [0.25, 0.3) is 0 Å². The van der Waals surface area contributed by atoms with E-state index < -0.39 is 0 Å². The number of ether oxygens (including phenoxy) is 2. The molecule has 19 heavy (non-hydrogen) atoms. The van der Waals surface area contributed by atoms with E-state index in [9.17, 15) is 0 Å². The molecule has 0 aromatic heterocycles. The zero-order valence-electron chi connectivity index (χ0n) is 13.4. The molecule has 1 unspecified atom stereocenters. The molecule has 0 bridgehead atoms. The molecule has 0 saturated carbocycles. The molecular weight excluding hydrogens is 240 g/mol. The quantitative estimate of drug-likeness (QED) is 0.492. The summed E-state index contributed by atoms with van der Waals surface area (Å²) in [5, 5.41) is 3.55. The van der Waals surface area contributed by atoms with Crippen molar-refractivity contribution < 1.29 is 9.47 Å². The molecule has 4 nitrogen and oxygen atoms in total. The van der Waals surface area contributed by atoms with Crippen LogP contribution in [0.2, 0.25) is 0 Å². The van der Waals surface area contributed by atoms with Crippen LogP contribution in [0.25, 0.3) is 0 Å². The molecule has 0 rings (SSSR count). The summed E-state index contributed by atoms with van der Waals surface area (Å²) < 4.78 is 10.3. The number of nitrogens with one attached hydrogen (secondary N) is 1. The van der Waals surface area contributed by atoms with Gasteiger partial charge in [-0.3, -0.25) is 4.90 Å². The van der Waals surface area contributed by atoms with Gasteiger partial charge in [-0.1, -0.05) is 19.8 Å². The van der Waals surface area contributed by atoms with Gasteiger partial charge in [0.15, 0.2) is 0 Å². The van der Waals surface area contributed by atoms with Crippen LogP contribution in [-0.4, -0.2) is 64.6 Å². The SMILES string of the molecule is CCCCCNCC(C)N(CCCOC)CCOC. The topological polar surface area (TPSA) is 33.7 Å². The maximum Gasteiger partial charge on any atom is 0.0589 e. The molecule has 0 aliphatic heterocycles. The first-order valence-corrected chi connectivity index (χ1v) is 7.68. The Hall–Kier alpha value is -0.160. The van der Waals surface area contributed by atoms with Crippen LogP contribution < -0.4 is 5.32 Å². The monoisotopic (exact) mass is 274 g/mol. The lowest BCUT2D eigenvalue weighted by atomic mass is 10.2. The number of methoxy groups -OCH3 is 2. The Kier molecular flexibility index (Phi) is 14.1. The van der Waals surface area contributed by atoms with Crippen molar-refractivity contribution in [3.63, 3.8) is 0 Å². The predicted molar refractivity (Wildman–Crippen MR) is 81.8 cm³/mol. The van der Waals surface area contributed by atoms with Crippen LogP contribution in [0.3, 0.4) is 0 Å². The number of nitrogens with zero attached hydrogens (tertiary/aromatic N) is 1. The minimum absolute atomic E-state index is 0.550. The Balaban J connectivity index is 3.81. The van der Waals surface area contributed by atoms with Crippen LogP contribution in [-0.2, 0) is 9.47 Å². The second-order valence-corrected chi connectivity index (χ2v) is 5.14. The molecule has 0 amide bonds. The second-order valence-electron chi connectivity index (χ2n) is 5.14. The van der Waals surface area contributed by atoms with Crippen molar-refractivity contribution in [2.24, 2.45) is 0 Å². The van der Waals surface area contributed by atoms with Gasteiger partial charge in [0.2, 0.25) is 0 Å². The molecule has 0 aromatic rings. The molecule has 4 heteroatoms. The Bertz CT molecular complexity index is 180. The molecule has 1 N–H and O–H groups in total. The van der Waals surface area contributed by atoms with Gasteiger partial charge in [-0.25, -0.2) is 0 Å². The highest BCUT2D eigenvalue weighted by Crippen LogP contribution is 2.01. The predicted octanol–water partition coefficient (Wildman–Crippen LogP) is 2.14. The largest absolute Gasteiger partial charge is 0.385 e. The minimum atomic E-state index is 0.550. The van der Waals surface area contributed by atoms with Crippen LogP contribution >= 0.6 is 0 Å². The lowest BCUT2D eigenvalue weighted by Gasteiger charge is -2.29. The van der Waals surface area contributed by atoms with Gasteiger partial charge < -0.3 is 14.8 Å². The van der Waals surface area contributed by atoms with Gasteiger partial charge in [0, 0.05) is 46.5 Å². The summed E-state index contributed by atoms with van der Waals surface area (Å²) in [5.41, 5.74) is 0. The van der Waals surface area contributed by atoms with Crippen LogP contribution in [0.5, 0.6) is 0 Å². The van der Waals surface area contributed by atoms with Crippen LogP contribution in [0.1, 0.15) is 39.5 Å². The molecule has 0 heterocycles. The van der Waals surface area contributed by atoms with Gasteiger partial charge in [0.05, 0.1) is 6.61 Å². The lowest BCUT2D eigenvalue weighted by molar-refractivity contribution is 0.110. The molecule has 0 fully saturated rings. The van der Waals surface area contributed by atoms with Crippen LogP contribution in [0.4, 0.5) is 0 Å². The van der Waals surface area contributed by atoms with E-state index >= 15 is 0 Å². The molecular formula is C15H34N2O2. The zero-order valence-corrected chi connectivity index (χ0v) is 13.4. The van der Waals surface area contributed by atoms with E-state index in [4.69, 9.17) is 9.47 Å². The molecule has 0 saturated heterocycles. The van der Waals surface area contributed by atoms with Crippen molar-refractivity contribution in [3.8, 4) is 0 Å². The van der Waals surface area contributed by atoms with Gasteiger partial charge in [-0.2, -0.15) is 0 Å². The lowest BCUT2D eigenvalue weighted by Crippen LogP contribution is -2.43. The first-order valence-electron chi connectivity index (χ1n) is 7.68. The number of hydrogen-bond acceptors (Lipinski definition) is 4. The maximum absolute atomic E-state index is 5.19. The van der Waals surface area contributed by atoms with E-state index in [0.717, 1.165) is 45.8 Å². The highest BCUT2D eigenvalue weighted by Gasteiger charge is 2.12. The van der Waals surface area contributed by atoms with E-state index in [1.165, 1.54) is 19.3 Å². The maximum atomic E-state index is 5.19. The minimum Gasteiger partial charge on any atom is -0.385 e. The molecule has 116 valence electrons. The standard InChI is InChI=1S/C15H34N2O2/c1-5-6-7-9-16-14-15(2)17(11-13-19-4)10-8-12-18-3/h15-16H,5-14H2,1-4H3. The average Bonchev–Trinajstić information content (AvgIpc) is 2.42. The van der Waals surface area contributed by atoms with E-state index in [1.807, 2.05) is 0 Å². The highest BCUT2D eigenvalue weighted by atomic mass is 16.5. The van der Waals surface area contributed by atoms with Gasteiger partial charge in [-0.05, 0) is 26.3 Å². The second kappa shape index (κ2) is 14.3. The van der Waals surface area contributed by atoms with Crippen molar-refractivity contribution in [2.45, 2.75) is 45.6 Å². The Morgan fingerprint density at radius 2 is 1.74 bits per heavy atom. The summed E-state index contributed by atoms with van der Waals surface area (Å²) in [6.45, 7) is 10.4. The van der Waals surface area contributed by atoms with Crippen LogP contribution in [0, 0.1) is 0 Å². The molecule has 0 aliphatic rings. The Labute approximate surface area is 119 Å². The van der Waals surface area contributed by atoms with Crippen molar-refractivity contribution in [1.82, 2.24) is 10.2 Å². The highest BCUT2D eigenvalue weighted by molar-refractivity contribution is 4.70. The molecule has 0 radical (unpaired) electrons. The number of rotatable bonds is 14. The molecule has 0 aliphatic carbocycles. The van der Waals surface area contributed by atoms with E-state index in [2.05, 4.69) is 24.1 Å². The van der Waals surface area contributed by atoms with Crippen molar-refractivity contribution in [3.05, 3.63) is 0 Å². The fourth-order valence-electron chi connectivity index (χ4n) is 2.11. The zero-order chi connectivity index (χ0) is 14.3. The Morgan fingerprint density at radius 1 is 1.00 bits per heavy atom. The van der Waals surface area contributed by atoms with E-state index in [0.29, 0.717) is 6.04 Å². The first-order chi connectivity index (χ1) is 9.26. The fraction of sp³-hybridized carbons (Fsp3) is 1.00. The number of unbranched alkanes of at least 4 members (excludes halogenated alkanes) is 2. The molecule has 1 atom stereocenters. The van der Waals surface area contributed by atoms with Crippen LogP contribution in [0.15, 0.2) is 0 Å². The summed E-state index contributed by atoms with van der Waals surface area (Å²) in [4.78, 5) is 2.48. The summed E-state index contributed by atoms with van der Waals surface area (Å²) in [6, 6.07) is 0.550. The first kappa shape index (κ1) is 18.8. The van der Waals surface area contributed by atoms with E-state index in [-0.39, 0.29) is 0 Å². The Morgan fingerprint density at radius 3 is 2.37 bits per heavy atom. The van der Waals surface area contributed by atoms with Crippen molar-refractivity contribution in [2.75, 3.05) is 53.6 Å². The summed E-state index contributed by atoms with van der Waals surface area (Å²) >= 11 is 0. The molecule has 0 aromatic carbocycles. The van der Waals surface area contributed by atoms with E-state index in [1.54, 1.807) is 14.2 Å². The third-order valence-electron chi connectivity index (χ3n) is 3.40. The third-order valence-corrected chi connectivity index (χ3v) is 3.40. The summed E-state index contributed by atoms with van der Waals surface area (Å²) in [5.74, 6) is 0. The van der Waals surface area contributed by atoms with Gasteiger partial charge in [0.1, 0.15) is 0 Å². The smallest absolute Gasteiger partial charge is 0.0589 e. The average molecular weight is 274 g/mol. The van der Waals surface area contributed by atoms with Crippen molar-refractivity contribution in [1.29, 1.82) is 0 Å². The summed E-state index contributed by atoms with van der Waals surface area (Å²) in [6.07, 6.45) is 4.97. The molecule has 0 spiro atoms. The summed E-state index contributed by atoms with van der Waals surface area (Å²) in [7, 11) is 3.53. The number of hydrogen-bond donors (Lipinski definition) is 1. The normalized spacial score (nSPS) is 13.1. The van der Waals surface area contributed by atoms with Gasteiger partial charge >= 0.3 is 0 Å². The van der Waals surface area contributed by atoms with Gasteiger partial charge in [-0.15, -0.1) is 0 Å². The van der Waals surface area contributed by atoms with Crippen molar-refractivity contribution >= 4 is 0 Å².